The van der Waals surface area contributed by atoms with Crippen molar-refractivity contribution in [2.24, 2.45) is 0 Å². The number of hydrogen-bond acceptors (Lipinski definition) is 5. The van der Waals surface area contributed by atoms with Crippen LogP contribution in [0.5, 0.6) is 11.5 Å². The molecule has 31 heavy (non-hydrogen) atoms. The van der Waals surface area contributed by atoms with Crippen LogP contribution in [0.15, 0.2) is 83.8 Å². The normalized spacial score (nSPS) is 11.3. The fraction of sp³-hybridized carbons (Fsp3) is 0.125. The fourth-order valence-electron chi connectivity index (χ4n) is 3.28. The van der Waals surface area contributed by atoms with E-state index in [4.69, 9.17) is 14.6 Å². The molecule has 7 heteroatoms. The molecule has 0 aliphatic heterocycles. The van der Waals surface area contributed by atoms with Crippen LogP contribution in [0.3, 0.4) is 0 Å². The molecule has 4 rings (SSSR count). The third kappa shape index (κ3) is 4.32. The average molecular weight is 435 g/mol. The second kappa shape index (κ2) is 8.28. The van der Waals surface area contributed by atoms with Crippen LogP contribution in [-0.2, 0) is 9.84 Å². The van der Waals surface area contributed by atoms with Crippen molar-refractivity contribution in [3.63, 3.8) is 0 Å². The van der Waals surface area contributed by atoms with E-state index >= 15 is 0 Å². The first-order valence-corrected chi connectivity index (χ1v) is 11.5. The average Bonchev–Trinajstić information content (AvgIpc) is 3.24. The van der Waals surface area contributed by atoms with Crippen molar-refractivity contribution in [3.8, 4) is 39.7 Å². The van der Waals surface area contributed by atoms with Gasteiger partial charge in [-0.1, -0.05) is 0 Å². The molecule has 0 aliphatic rings. The molecule has 1 heterocycles. The molecule has 0 amide bonds. The zero-order chi connectivity index (χ0) is 22.0. The van der Waals surface area contributed by atoms with Gasteiger partial charge in [0.1, 0.15) is 11.5 Å². The molecule has 0 unspecified atom stereocenters. The van der Waals surface area contributed by atoms with Gasteiger partial charge in [-0.2, -0.15) is 5.10 Å². The van der Waals surface area contributed by atoms with E-state index < -0.39 is 9.84 Å². The Labute approximate surface area is 181 Å². The Morgan fingerprint density at radius 3 is 1.74 bits per heavy atom. The number of nitrogens with zero attached hydrogens (tertiary/aromatic N) is 2. The first-order chi connectivity index (χ1) is 14.9. The van der Waals surface area contributed by atoms with Gasteiger partial charge in [0.05, 0.1) is 36.2 Å². The monoisotopic (exact) mass is 434 g/mol. The summed E-state index contributed by atoms with van der Waals surface area (Å²) >= 11 is 0. The van der Waals surface area contributed by atoms with Crippen LogP contribution < -0.4 is 9.47 Å². The number of aromatic nitrogens is 2. The van der Waals surface area contributed by atoms with Gasteiger partial charge in [-0.15, -0.1) is 0 Å². The highest BCUT2D eigenvalue weighted by atomic mass is 32.2. The van der Waals surface area contributed by atoms with Crippen LogP contribution in [0.1, 0.15) is 0 Å². The second-order valence-electron chi connectivity index (χ2n) is 7.05. The molecular formula is C24H22N2O4S. The molecule has 0 fully saturated rings. The van der Waals surface area contributed by atoms with Crippen molar-refractivity contribution < 1.29 is 17.9 Å². The van der Waals surface area contributed by atoms with Crippen LogP contribution in [0, 0.1) is 0 Å². The largest absolute Gasteiger partial charge is 0.497 e. The molecule has 6 nitrogen and oxygen atoms in total. The predicted molar refractivity (Wildman–Crippen MR) is 121 cm³/mol. The van der Waals surface area contributed by atoms with Gasteiger partial charge in [0, 0.05) is 17.4 Å². The lowest BCUT2D eigenvalue weighted by Crippen LogP contribution is -2.01. The highest BCUT2D eigenvalue weighted by molar-refractivity contribution is 7.90. The molecule has 0 N–H and O–H groups in total. The number of benzene rings is 3. The van der Waals surface area contributed by atoms with E-state index in [-0.39, 0.29) is 4.90 Å². The maximum atomic E-state index is 11.8. The molecule has 4 aromatic rings. The third-order valence-electron chi connectivity index (χ3n) is 4.99. The Morgan fingerprint density at radius 2 is 1.26 bits per heavy atom. The zero-order valence-corrected chi connectivity index (χ0v) is 18.3. The molecule has 0 radical (unpaired) electrons. The molecular weight excluding hydrogens is 412 g/mol. The van der Waals surface area contributed by atoms with E-state index in [0.717, 1.165) is 39.7 Å². The predicted octanol–water partition coefficient (Wildman–Crippen LogP) is 4.63. The van der Waals surface area contributed by atoms with Gasteiger partial charge in [-0.3, -0.25) is 0 Å². The third-order valence-corrected chi connectivity index (χ3v) is 6.12. The topological polar surface area (TPSA) is 70.4 Å². The van der Waals surface area contributed by atoms with Crippen molar-refractivity contribution in [2.75, 3.05) is 20.5 Å². The van der Waals surface area contributed by atoms with Crippen molar-refractivity contribution in [2.45, 2.75) is 4.90 Å². The number of sulfone groups is 1. The maximum Gasteiger partial charge on any atom is 0.175 e. The highest BCUT2D eigenvalue weighted by Crippen LogP contribution is 2.31. The first-order valence-electron chi connectivity index (χ1n) is 9.58. The molecule has 0 spiro atoms. The summed E-state index contributed by atoms with van der Waals surface area (Å²) in [6.45, 7) is 0. The van der Waals surface area contributed by atoms with E-state index in [1.165, 1.54) is 6.26 Å². The molecule has 0 aliphatic carbocycles. The van der Waals surface area contributed by atoms with Gasteiger partial charge in [0.2, 0.25) is 0 Å². The van der Waals surface area contributed by atoms with Crippen LogP contribution >= 0.6 is 0 Å². The summed E-state index contributed by atoms with van der Waals surface area (Å²) in [5.74, 6) is 1.54. The van der Waals surface area contributed by atoms with Crippen LogP contribution in [0.4, 0.5) is 0 Å². The van der Waals surface area contributed by atoms with E-state index in [1.807, 2.05) is 59.3 Å². The summed E-state index contributed by atoms with van der Waals surface area (Å²) < 4.78 is 36.0. The number of ether oxygens (including phenoxy) is 2. The Kier molecular flexibility index (Phi) is 5.52. The van der Waals surface area contributed by atoms with Gasteiger partial charge >= 0.3 is 0 Å². The van der Waals surface area contributed by atoms with Gasteiger partial charge in [-0.05, 0) is 78.9 Å². The molecule has 3 aromatic carbocycles. The Bertz CT molecular complexity index is 1290. The summed E-state index contributed by atoms with van der Waals surface area (Å²) in [5.41, 5.74) is 4.33. The van der Waals surface area contributed by atoms with E-state index in [1.54, 1.807) is 38.5 Å². The molecule has 0 saturated heterocycles. The van der Waals surface area contributed by atoms with Crippen LogP contribution in [0.2, 0.25) is 0 Å². The number of methoxy groups -OCH3 is 2. The van der Waals surface area contributed by atoms with Gasteiger partial charge in [0.15, 0.2) is 9.84 Å². The zero-order valence-electron chi connectivity index (χ0n) is 17.4. The smallest absolute Gasteiger partial charge is 0.175 e. The summed E-state index contributed by atoms with van der Waals surface area (Å²) in [7, 11) is -0.0116. The minimum absolute atomic E-state index is 0.268. The van der Waals surface area contributed by atoms with Crippen molar-refractivity contribution in [3.05, 3.63) is 78.9 Å². The number of hydrogen-bond donors (Lipinski definition) is 0. The highest BCUT2D eigenvalue weighted by Gasteiger charge is 2.15. The minimum Gasteiger partial charge on any atom is -0.497 e. The Hall–Kier alpha value is -3.58. The maximum absolute atomic E-state index is 11.8. The number of rotatable bonds is 6. The lowest BCUT2D eigenvalue weighted by molar-refractivity contribution is 0.414. The van der Waals surface area contributed by atoms with Crippen molar-refractivity contribution in [1.29, 1.82) is 0 Å². The molecule has 0 atom stereocenters. The summed E-state index contributed by atoms with van der Waals surface area (Å²) in [6.07, 6.45) is 1.19. The van der Waals surface area contributed by atoms with Crippen LogP contribution in [0.25, 0.3) is 28.2 Å². The van der Waals surface area contributed by atoms with E-state index in [0.29, 0.717) is 0 Å². The lowest BCUT2D eigenvalue weighted by Gasteiger charge is -2.09. The SMILES string of the molecule is COc1ccc(-c2cc(-c3ccc(OC)cc3)n(-c3ccc(S(C)(=O)=O)cc3)n2)cc1. The summed E-state index contributed by atoms with van der Waals surface area (Å²) in [6, 6.07) is 24.1. The van der Waals surface area contributed by atoms with Crippen LogP contribution in [-0.4, -0.2) is 38.7 Å². The standard InChI is InChI=1S/C24H22N2O4S/c1-29-20-10-4-17(5-11-20)23-16-24(18-6-12-21(30-2)13-7-18)26(25-23)19-8-14-22(15-9-19)31(3,27)28/h4-16H,1-3H3. The Balaban J connectivity index is 1.83. The van der Waals surface area contributed by atoms with E-state index in [9.17, 15) is 8.42 Å². The second-order valence-corrected chi connectivity index (χ2v) is 9.07. The van der Waals surface area contributed by atoms with Gasteiger partial charge in [0.25, 0.3) is 0 Å². The fourth-order valence-corrected chi connectivity index (χ4v) is 3.91. The van der Waals surface area contributed by atoms with Crippen molar-refractivity contribution >= 4 is 9.84 Å². The lowest BCUT2D eigenvalue weighted by atomic mass is 10.1. The van der Waals surface area contributed by atoms with Gasteiger partial charge < -0.3 is 9.47 Å². The first kappa shape index (κ1) is 20.7. The Morgan fingerprint density at radius 1 is 0.742 bits per heavy atom. The quantitative estimate of drug-likeness (QED) is 0.443. The summed E-state index contributed by atoms with van der Waals surface area (Å²) in [5, 5.41) is 4.81. The van der Waals surface area contributed by atoms with Gasteiger partial charge in [-0.25, -0.2) is 13.1 Å². The van der Waals surface area contributed by atoms with Crippen molar-refractivity contribution in [1.82, 2.24) is 9.78 Å². The molecule has 0 saturated carbocycles. The summed E-state index contributed by atoms with van der Waals surface area (Å²) in [4.78, 5) is 0.268. The molecule has 0 bridgehead atoms. The van der Waals surface area contributed by atoms with E-state index in [2.05, 4.69) is 0 Å². The molecule has 158 valence electrons. The minimum atomic E-state index is -3.27. The molecule has 1 aromatic heterocycles.